The minimum Gasteiger partial charge on any atom is -0.323 e. The van der Waals surface area contributed by atoms with Crippen molar-refractivity contribution in [1.29, 1.82) is 0 Å². The second-order valence-corrected chi connectivity index (χ2v) is 6.81. The van der Waals surface area contributed by atoms with Crippen molar-refractivity contribution in [2.75, 3.05) is 5.32 Å². The third kappa shape index (κ3) is 3.56. The van der Waals surface area contributed by atoms with Gasteiger partial charge < -0.3 is 5.32 Å². The van der Waals surface area contributed by atoms with Crippen LogP contribution in [0.5, 0.6) is 0 Å². The standard InChI is InChI=1S/C18H16FN3O2S/c1-11(16(23)20-15-10-6-4-8-13(15)19)25-18-21-14-9-5-3-7-12(14)17(24)22(18)2/h3-11H,1-2H3,(H,20,23)/t11-/m1/s1. The third-order valence-electron chi connectivity index (χ3n) is 3.73. The summed E-state index contributed by atoms with van der Waals surface area (Å²) in [6.45, 7) is 1.68. The second-order valence-electron chi connectivity index (χ2n) is 5.50. The number of aromatic nitrogens is 2. The van der Waals surface area contributed by atoms with Gasteiger partial charge in [-0.1, -0.05) is 36.0 Å². The van der Waals surface area contributed by atoms with Crippen LogP contribution in [0.15, 0.2) is 58.5 Å². The molecule has 0 aliphatic heterocycles. The molecule has 0 saturated carbocycles. The van der Waals surface area contributed by atoms with E-state index in [9.17, 15) is 14.0 Å². The Morgan fingerprint density at radius 1 is 1.20 bits per heavy atom. The summed E-state index contributed by atoms with van der Waals surface area (Å²) in [4.78, 5) is 29.2. The number of carbonyl (C=O) groups is 1. The van der Waals surface area contributed by atoms with Gasteiger partial charge in [0.05, 0.1) is 21.8 Å². The first-order chi connectivity index (χ1) is 12.0. The minimum absolute atomic E-state index is 0.125. The maximum absolute atomic E-state index is 13.7. The Hall–Kier alpha value is -2.67. The molecule has 0 spiro atoms. The Bertz CT molecular complexity index is 1000. The van der Waals surface area contributed by atoms with Gasteiger partial charge in [0.15, 0.2) is 5.16 Å². The summed E-state index contributed by atoms with van der Waals surface area (Å²) in [5, 5.41) is 2.95. The number of fused-ring (bicyclic) bond motifs is 1. The average Bonchev–Trinajstić information content (AvgIpc) is 2.61. The lowest BCUT2D eigenvalue weighted by molar-refractivity contribution is -0.115. The number of nitrogens with zero attached hydrogens (tertiary/aromatic N) is 2. The third-order valence-corrected chi connectivity index (χ3v) is 4.87. The molecule has 0 bridgehead atoms. The highest BCUT2D eigenvalue weighted by molar-refractivity contribution is 8.00. The van der Waals surface area contributed by atoms with Gasteiger partial charge in [-0.15, -0.1) is 0 Å². The van der Waals surface area contributed by atoms with E-state index in [1.54, 1.807) is 50.4 Å². The van der Waals surface area contributed by atoms with E-state index in [0.717, 1.165) is 11.8 Å². The zero-order chi connectivity index (χ0) is 18.0. The Balaban J connectivity index is 1.83. The molecule has 7 heteroatoms. The summed E-state index contributed by atoms with van der Waals surface area (Å²) in [6.07, 6.45) is 0. The summed E-state index contributed by atoms with van der Waals surface area (Å²) in [5.74, 6) is -0.859. The van der Waals surface area contributed by atoms with Crippen molar-refractivity contribution < 1.29 is 9.18 Å². The van der Waals surface area contributed by atoms with Gasteiger partial charge >= 0.3 is 0 Å². The van der Waals surface area contributed by atoms with Crippen LogP contribution in [0.4, 0.5) is 10.1 Å². The van der Waals surface area contributed by atoms with E-state index in [1.807, 2.05) is 0 Å². The number of rotatable bonds is 4. The van der Waals surface area contributed by atoms with E-state index < -0.39 is 11.1 Å². The lowest BCUT2D eigenvalue weighted by Crippen LogP contribution is -2.25. The molecule has 0 fully saturated rings. The summed E-state index contributed by atoms with van der Waals surface area (Å²) in [5.41, 5.74) is 0.532. The van der Waals surface area contributed by atoms with E-state index in [4.69, 9.17) is 0 Å². The van der Waals surface area contributed by atoms with Crippen molar-refractivity contribution in [3.05, 3.63) is 64.7 Å². The Kier molecular flexibility index (Phi) is 4.85. The number of amides is 1. The molecule has 0 saturated heterocycles. The SMILES string of the molecule is C[C@@H](Sc1nc2ccccc2c(=O)n1C)C(=O)Nc1ccccc1F. The number of anilines is 1. The summed E-state index contributed by atoms with van der Waals surface area (Å²) < 4.78 is 15.1. The van der Waals surface area contributed by atoms with Crippen LogP contribution < -0.4 is 10.9 Å². The van der Waals surface area contributed by atoms with Gasteiger partial charge in [-0.3, -0.25) is 14.2 Å². The summed E-state index contributed by atoms with van der Waals surface area (Å²) in [6, 6.07) is 13.0. The second kappa shape index (κ2) is 7.06. The van der Waals surface area contributed by atoms with Gasteiger partial charge in [0.25, 0.3) is 5.56 Å². The van der Waals surface area contributed by atoms with Crippen molar-refractivity contribution in [1.82, 2.24) is 9.55 Å². The van der Waals surface area contributed by atoms with Crippen molar-refractivity contribution in [3.63, 3.8) is 0 Å². The summed E-state index contributed by atoms with van der Waals surface area (Å²) >= 11 is 1.15. The van der Waals surface area contributed by atoms with Gasteiger partial charge in [-0.25, -0.2) is 9.37 Å². The zero-order valence-electron chi connectivity index (χ0n) is 13.7. The number of benzene rings is 2. The molecule has 1 heterocycles. The van der Waals surface area contributed by atoms with Crippen molar-refractivity contribution in [3.8, 4) is 0 Å². The molecule has 1 N–H and O–H groups in total. The zero-order valence-corrected chi connectivity index (χ0v) is 14.5. The van der Waals surface area contributed by atoms with E-state index in [2.05, 4.69) is 10.3 Å². The Morgan fingerprint density at radius 2 is 1.88 bits per heavy atom. The van der Waals surface area contributed by atoms with Crippen LogP contribution in [0.2, 0.25) is 0 Å². The number of nitrogens with one attached hydrogen (secondary N) is 1. The highest BCUT2D eigenvalue weighted by Gasteiger charge is 2.19. The van der Waals surface area contributed by atoms with Gasteiger partial charge in [0, 0.05) is 7.05 Å². The van der Waals surface area contributed by atoms with E-state index >= 15 is 0 Å². The highest BCUT2D eigenvalue weighted by atomic mass is 32.2. The van der Waals surface area contributed by atoms with Crippen molar-refractivity contribution in [2.45, 2.75) is 17.3 Å². The van der Waals surface area contributed by atoms with Crippen molar-refractivity contribution >= 4 is 34.3 Å². The lowest BCUT2D eigenvalue weighted by Gasteiger charge is -2.14. The van der Waals surface area contributed by atoms with E-state index in [1.165, 1.54) is 16.7 Å². The van der Waals surface area contributed by atoms with Crippen LogP contribution in [0.1, 0.15) is 6.92 Å². The number of hydrogen-bond acceptors (Lipinski definition) is 4. The quantitative estimate of drug-likeness (QED) is 0.575. The molecule has 2 aromatic carbocycles. The first-order valence-electron chi connectivity index (χ1n) is 7.65. The number of halogens is 1. The fraction of sp³-hybridized carbons (Fsp3) is 0.167. The molecule has 5 nitrogen and oxygen atoms in total. The molecule has 1 atom stereocenters. The molecular weight excluding hydrogens is 341 g/mol. The van der Waals surface area contributed by atoms with Crippen LogP contribution in [-0.4, -0.2) is 20.7 Å². The van der Waals surface area contributed by atoms with Gasteiger partial charge in [0.1, 0.15) is 5.82 Å². The topological polar surface area (TPSA) is 64.0 Å². The first kappa shape index (κ1) is 17.2. The van der Waals surface area contributed by atoms with Gasteiger partial charge in [-0.05, 0) is 31.2 Å². The number of hydrogen-bond donors (Lipinski definition) is 1. The fourth-order valence-corrected chi connectivity index (χ4v) is 3.19. The largest absolute Gasteiger partial charge is 0.323 e. The molecule has 0 radical (unpaired) electrons. The molecule has 0 aliphatic rings. The maximum atomic E-state index is 13.7. The lowest BCUT2D eigenvalue weighted by atomic mass is 10.2. The van der Waals surface area contributed by atoms with Crippen LogP contribution in [0.25, 0.3) is 10.9 Å². The van der Waals surface area contributed by atoms with Crippen LogP contribution in [-0.2, 0) is 11.8 Å². The molecule has 0 aliphatic carbocycles. The molecule has 1 aromatic heterocycles. The monoisotopic (exact) mass is 357 g/mol. The predicted octanol–water partition coefficient (Wildman–Crippen LogP) is 3.19. The molecule has 3 aromatic rings. The van der Waals surface area contributed by atoms with Gasteiger partial charge in [0.2, 0.25) is 5.91 Å². The highest BCUT2D eigenvalue weighted by Crippen LogP contribution is 2.23. The molecular formula is C18H16FN3O2S. The molecule has 25 heavy (non-hydrogen) atoms. The van der Waals surface area contributed by atoms with Crippen molar-refractivity contribution in [2.24, 2.45) is 7.05 Å². The number of carbonyl (C=O) groups excluding carboxylic acids is 1. The Labute approximate surface area is 147 Å². The number of thioether (sulfide) groups is 1. The van der Waals surface area contributed by atoms with Crippen LogP contribution >= 0.6 is 11.8 Å². The normalized spacial score (nSPS) is 12.1. The average molecular weight is 357 g/mol. The Morgan fingerprint density at radius 3 is 2.64 bits per heavy atom. The molecule has 3 rings (SSSR count). The van der Waals surface area contributed by atoms with E-state index in [-0.39, 0.29) is 17.2 Å². The van der Waals surface area contributed by atoms with Crippen LogP contribution in [0.3, 0.4) is 0 Å². The number of para-hydroxylation sites is 2. The molecule has 128 valence electrons. The smallest absolute Gasteiger partial charge is 0.261 e. The maximum Gasteiger partial charge on any atom is 0.261 e. The summed E-state index contributed by atoms with van der Waals surface area (Å²) in [7, 11) is 1.62. The predicted molar refractivity (Wildman–Crippen MR) is 97.3 cm³/mol. The van der Waals surface area contributed by atoms with Gasteiger partial charge in [-0.2, -0.15) is 0 Å². The van der Waals surface area contributed by atoms with E-state index in [0.29, 0.717) is 16.1 Å². The minimum atomic E-state index is -0.557. The first-order valence-corrected chi connectivity index (χ1v) is 8.53. The molecule has 0 unspecified atom stereocenters. The molecule has 1 amide bonds. The van der Waals surface area contributed by atoms with Crippen LogP contribution in [0, 0.1) is 5.82 Å². The fourth-order valence-electron chi connectivity index (χ4n) is 2.31.